The fourth-order valence-electron chi connectivity index (χ4n) is 0.0678. The van der Waals surface area contributed by atoms with Crippen molar-refractivity contribution in [3.8, 4) is 0 Å². The van der Waals surface area contributed by atoms with Gasteiger partial charge in [-0.2, -0.15) is 0 Å². The largest absolute Gasteiger partial charge is 0.412 e. The molecule has 0 atom stereocenters. The predicted molar refractivity (Wildman–Crippen MR) is 31.4 cm³/mol. The second kappa shape index (κ2) is 9.81. The van der Waals surface area contributed by atoms with E-state index in [0.717, 1.165) is 6.92 Å². The van der Waals surface area contributed by atoms with Gasteiger partial charge in [0.25, 0.3) is 0 Å². The fourth-order valence-corrected chi connectivity index (χ4v) is 0.0678. The van der Waals surface area contributed by atoms with E-state index in [1.165, 1.54) is 0 Å². The van der Waals surface area contributed by atoms with Crippen molar-refractivity contribution in [3.05, 3.63) is 0 Å². The van der Waals surface area contributed by atoms with Crippen LogP contribution in [-0.2, 0) is 14.3 Å². The second-order valence-corrected chi connectivity index (χ2v) is 0.706. The molecule has 0 radical (unpaired) electrons. The quantitative estimate of drug-likeness (QED) is 0.176. The molecule has 0 saturated heterocycles. The minimum absolute atomic E-state index is 0. The first-order valence-electron chi connectivity index (χ1n) is 1.38. The van der Waals surface area contributed by atoms with Crippen LogP contribution in [0.3, 0.4) is 0 Å². The fraction of sp³-hybridized carbons (Fsp3) is 0.333. The van der Waals surface area contributed by atoms with Crippen LogP contribution in [0.2, 0.25) is 0 Å². The number of rotatable bonds is 1. The van der Waals surface area contributed by atoms with E-state index in [2.05, 4.69) is 4.74 Å². The van der Waals surface area contributed by atoms with Crippen LogP contribution in [0.15, 0.2) is 0 Å². The van der Waals surface area contributed by atoms with E-state index in [0.29, 0.717) is 0 Å². The third kappa shape index (κ3) is 17.4. The van der Waals surface area contributed by atoms with Crippen molar-refractivity contribution >= 4 is 29.8 Å². The van der Waals surface area contributed by atoms with Crippen LogP contribution in [0.25, 0.3) is 0 Å². The minimum Gasteiger partial charge on any atom is -0.412 e. The van der Waals surface area contributed by atoms with Crippen molar-refractivity contribution in [2.24, 2.45) is 0 Å². The highest BCUT2D eigenvalue weighted by molar-refractivity contribution is 5.75. The van der Waals surface area contributed by atoms with Crippen LogP contribution in [0.1, 0.15) is 6.92 Å². The molecule has 5 heteroatoms. The third-order valence-electron chi connectivity index (χ3n) is 0.214. The molecular weight excluding hydrogens is 127 g/mol. The van der Waals surface area contributed by atoms with Crippen LogP contribution >= 0.6 is 0 Å². The number of esters is 1. The molecule has 0 amide bonds. The summed E-state index contributed by atoms with van der Waals surface area (Å²) >= 11 is 0. The van der Waals surface area contributed by atoms with E-state index >= 15 is 0 Å². The Morgan fingerprint density at radius 3 is 2.00 bits per heavy atom. The Hall–Kier alpha value is -0.368. The Kier molecular flexibility index (Phi) is 19.2. The van der Waals surface area contributed by atoms with E-state index < -0.39 is 5.97 Å². The van der Waals surface area contributed by atoms with Crippen molar-refractivity contribution in [2.75, 3.05) is 0 Å². The highest BCUT2D eigenvalue weighted by Gasteiger charge is 1.82. The first-order chi connectivity index (χ1) is 2.77. The summed E-state index contributed by atoms with van der Waals surface area (Å²) < 4.78 is 3.72. The van der Waals surface area contributed by atoms with Crippen molar-refractivity contribution in [1.82, 2.24) is 0 Å². The van der Waals surface area contributed by atoms with Gasteiger partial charge in [0.1, 0.15) is 0 Å². The molecule has 0 aromatic carbocycles. The van der Waals surface area contributed by atoms with Crippen LogP contribution in [-0.4, -0.2) is 35.3 Å². The molecule has 0 aliphatic heterocycles. The summed E-state index contributed by atoms with van der Waals surface area (Å²) in [6, 6.07) is 0. The lowest BCUT2D eigenvalue weighted by atomic mass is 10.8. The van der Waals surface area contributed by atoms with Gasteiger partial charge < -0.3 is 10.2 Å². The average Bonchev–Trinajstić information content (AvgIpc) is 1.35. The summed E-state index contributed by atoms with van der Waals surface area (Å²) in [4.78, 5) is 18.8. The normalized spacial score (nSPS) is 5.12. The molecule has 0 rings (SSSR count). The molecule has 0 unspecified atom stereocenters. The number of carbonyl (C=O) groups is 2. The molecule has 48 valence electrons. The van der Waals surface area contributed by atoms with Gasteiger partial charge in [-0.25, -0.2) is 0 Å². The lowest BCUT2D eigenvalue weighted by molar-refractivity contribution is -0.149. The van der Waals surface area contributed by atoms with Gasteiger partial charge >= 0.3 is 12.4 Å². The standard InChI is InChI=1S/C3H4O3.Al.H2O.3H/c1-3(5)6-2-4;;;;;/h2H,1H3;;1H2;;;. The van der Waals surface area contributed by atoms with Gasteiger partial charge in [-0.1, -0.05) is 0 Å². The summed E-state index contributed by atoms with van der Waals surface area (Å²) in [7, 11) is 0. The second-order valence-electron chi connectivity index (χ2n) is 0.706. The number of ether oxygens (including phenoxy) is 1. The number of carbonyl (C=O) groups excluding carboxylic acids is 2. The highest BCUT2D eigenvalue weighted by Crippen LogP contribution is 1.62. The monoisotopic (exact) mass is 136 g/mol. The molecule has 4 nitrogen and oxygen atoms in total. The first-order valence-corrected chi connectivity index (χ1v) is 1.38. The number of hydrogen-bond donors (Lipinski definition) is 0. The third-order valence-corrected chi connectivity index (χ3v) is 0.214. The molecular formula is C3H9AlO4. The lowest BCUT2D eigenvalue weighted by Crippen LogP contribution is -1.93. The van der Waals surface area contributed by atoms with Crippen molar-refractivity contribution in [1.29, 1.82) is 0 Å². The molecule has 0 spiro atoms. The van der Waals surface area contributed by atoms with Crippen molar-refractivity contribution in [2.45, 2.75) is 6.92 Å². The zero-order valence-electron chi connectivity index (χ0n) is 3.80. The molecule has 0 aliphatic carbocycles. The maximum absolute atomic E-state index is 9.59. The topological polar surface area (TPSA) is 74.9 Å². The van der Waals surface area contributed by atoms with Gasteiger partial charge in [0.05, 0.1) is 0 Å². The minimum atomic E-state index is -0.579. The van der Waals surface area contributed by atoms with Gasteiger partial charge in [-0.3, -0.25) is 9.59 Å². The first kappa shape index (κ1) is 15.6. The Morgan fingerprint density at radius 1 is 1.62 bits per heavy atom. The van der Waals surface area contributed by atoms with Crippen LogP contribution in [0.5, 0.6) is 0 Å². The molecule has 8 heavy (non-hydrogen) atoms. The molecule has 0 heterocycles. The molecule has 0 aromatic rings. The van der Waals surface area contributed by atoms with Crippen LogP contribution < -0.4 is 0 Å². The average molecular weight is 136 g/mol. The van der Waals surface area contributed by atoms with E-state index in [4.69, 9.17) is 0 Å². The molecule has 0 fully saturated rings. The van der Waals surface area contributed by atoms with Crippen LogP contribution in [0.4, 0.5) is 0 Å². The Balaban J connectivity index is -0.000000125. The Morgan fingerprint density at radius 2 is 2.00 bits per heavy atom. The summed E-state index contributed by atoms with van der Waals surface area (Å²) in [6.45, 7) is 1.26. The number of hydrogen-bond acceptors (Lipinski definition) is 3. The van der Waals surface area contributed by atoms with Gasteiger partial charge in [0, 0.05) is 6.92 Å². The SMILES string of the molecule is CC(=O)OC=O.O.[AlH3]. The van der Waals surface area contributed by atoms with E-state index in [1.807, 2.05) is 0 Å². The highest BCUT2D eigenvalue weighted by atomic mass is 27.0. The molecule has 0 bridgehead atoms. The van der Waals surface area contributed by atoms with E-state index in [9.17, 15) is 9.59 Å². The predicted octanol–water partition coefficient (Wildman–Crippen LogP) is -2.30. The maximum Gasteiger partial charge on any atom is 0.310 e. The van der Waals surface area contributed by atoms with Crippen molar-refractivity contribution in [3.63, 3.8) is 0 Å². The maximum atomic E-state index is 9.59. The van der Waals surface area contributed by atoms with Crippen molar-refractivity contribution < 1.29 is 19.8 Å². The summed E-state index contributed by atoms with van der Waals surface area (Å²) in [5.74, 6) is -0.579. The molecule has 0 aromatic heterocycles. The lowest BCUT2D eigenvalue weighted by Gasteiger charge is -1.78. The Labute approximate surface area is 57.3 Å². The van der Waals surface area contributed by atoms with Crippen LogP contribution in [0, 0.1) is 0 Å². The van der Waals surface area contributed by atoms with Gasteiger partial charge in [0.2, 0.25) is 0 Å². The molecule has 2 N–H and O–H groups in total. The Bertz CT molecular complexity index is 71.7. The van der Waals surface area contributed by atoms with Gasteiger partial charge in [0.15, 0.2) is 17.4 Å². The molecule has 0 saturated carbocycles. The summed E-state index contributed by atoms with van der Waals surface area (Å²) in [6.07, 6.45) is 0. The zero-order chi connectivity index (χ0) is 4.99. The van der Waals surface area contributed by atoms with Gasteiger partial charge in [-0.15, -0.1) is 0 Å². The molecule has 0 aliphatic rings. The van der Waals surface area contributed by atoms with Gasteiger partial charge in [-0.05, 0) is 0 Å². The summed E-state index contributed by atoms with van der Waals surface area (Å²) in [5, 5.41) is 0. The summed E-state index contributed by atoms with van der Waals surface area (Å²) in [5.41, 5.74) is 0. The smallest absolute Gasteiger partial charge is 0.310 e. The van der Waals surface area contributed by atoms with E-state index in [-0.39, 0.29) is 29.3 Å². The van der Waals surface area contributed by atoms with E-state index in [1.54, 1.807) is 0 Å². The zero-order valence-corrected chi connectivity index (χ0v) is 3.80.